The lowest BCUT2D eigenvalue weighted by molar-refractivity contribution is -0.157. The van der Waals surface area contributed by atoms with E-state index in [-0.39, 0.29) is 29.7 Å². The zero-order valence-electron chi connectivity index (χ0n) is 24.5. The summed E-state index contributed by atoms with van der Waals surface area (Å²) in [6.45, 7) is 1.22. The summed E-state index contributed by atoms with van der Waals surface area (Å²) in [4.78, 5) is 42.1. The summed E-state index contributed by atoms with van der Waals surface area (Å²) >= 11 is 0. The maximum Gasteiger partial charge on any atom is 0.255 e. The number of ether oxygens (including phenoxy) is 2. The Morgan fingerprint density at radius 3 is 2.52 bits per heavy atom. The highest BCUT2D eigenvalue weighted by atomic mass is 16.5. The van der Waals surface area contributed by atoms with Crippen LogP contribution < -0.4 is 10.5 Å². The molecule has 2 aromatic carbocycles. The Morgan fingerprint density at radius 1 is 1.14 bits per heavy atom. The average molecular weight is 605 g/mol. The van der Waals surface area contributed by atoms with Crippen molar-refractivity contribution < 1.29 is 44.3 Å². The van der Waals surface area contributed by atoms with E-state index in [4.69, 9.17) is 15.2 Å². The summed E-state index contributed by atoms with van der Waals surface area (Å²) in [5, 5.41) is 47.7. The van der Waals surface area contributed by atoms with Gasteiger partial charge in [0.15, 0.2) is 11.4 Å². The number of aromatic hydroxyl groups is 1. The first-order valence-corrected chi connectivity index (χ1v) is 15.2. The van der Waals surface area contributed by atoms with Gasteiger partial charge in [-0.25, -0.2) is 0 Å². The lowest BCUT2D eigenvalue weighted by Gasteiger charge is -2.51. The van der Waals surface area contributed by atoms with Crippen LogP contribution in [0.4, 0.5) is 0 Å². The van der Waals surface area contributed by atoms with Crippen LogP contribution in [0.15, 0.2) is 35.1 Å². The molecular weight excluding hydrogens is 568 g/mol. The van der Waals surface area contributed by atoms with Crippen molar-refractivity contribution >= 4 is 34.0 Å². The van der Waals surface area contributed by atoms with E-state index in [1.165, 1.54) is 20.0 Å². The maximum atomic E-state index is 14.3. The van der Waals surface area contributed by atoms with Gasteiger partial charge in [-0.3, -0.25) is 19.3 Å². The molecular formula is C33H36N2O9. The minimum absolute atomic E-state index is 0.0208. The van der Waals surface area contributed by atoms with E-state index in [1.54, 1.807) is 4.90 Å². The van der Waals surface area contributed by atoms with Gasteiger partial charge < -0.3 is 35.6 Å². The molecule has 7 rings (SSSR count). The van der Waals surface area contributed by atoms with Crippen molar-refractivity contribution in [3.8, 4) is 11.5 Å². The molecule has 11 nitrogen and oxygen atoms in total. The van der Waals surface area contributed by atoms with E-state index in [0.29, 0.717) is 48.4 Å². The molecule has 5 aliphatic rings. The number of hydrogen-bond donors (Lipinski definition) is 5. The number of amides is 1. The van der Waals surface area contributed by atoms with E-state index >= 15 is 0 Å². The first-order valence-electron chi connectivity index (χ1n) is 15.2. The van der Waals surface area contributed by atoms with Crippen LogP contribution in [0.5, 0.6) is 11.5 Å². The first-order chi connectivity index (χ1) is 21.1. The number of nitrogens with two attached hydrogens (primary N) is 1. The second kappa shape index (κ2) is 10.3. The van der Waals surface area contributed by atoms with Crippen LogP contribution in [-0.2, 0) is 32.0 Å². The van der Waals surface area contributed by atoms with Crippen molar-refractivity contribution in [2.75, 3.05) is 33.4 Å². The normalized spacial score (nSPS) is 29.0. The molecule has 232 valence electrons. The molecule has 1 amide bonds. The number of fused-ring (bicyclic) bond motifs is 4. The number of carbonyl (C=O) groups excluding carboxylic acids is 3. The number of hydrogen-bond acceptors (Lipinski definition) is 10. The van der Waals surface area contributed by atoms with E-state index in [2.05, 4.69) is 0 Å². The predicted octanol–water partition coefficient (Wildman–Crippen LogP) is 2.24. The number of primary amides is 1. The molecule has 44 heavy (non-hydrogen) atoms. The Hall–Kier alpha value is -3.93. The number of aliphatic hydroxyl groups is 3. The number of aryl methyl sites for hydroxylation is 1. The highest BCUT2D eigenvalue weighted by Crippen LogP contribution is 2.55. The molecule has 0 radical (unpaired) electrons. The molecule has 4 atom stereocenters. The lowest BCUT2D eigenvalue weighted by Crippen LogP contribution is -2.67. The van der Waals surface area contributed by atoms with E-state index in [9.17, 15) is 34.8 Å². The number of Topliss-reactive ketones (excluding diaryl/α,β-unsaturated/α-hetero) is 2. The van der Waals surface area contributed by atoms with Gasteiger partial charge in [0.05, 0.1) is 31.9 Å². The van der Waals surface area contributed by atoms with E-state index < -0.39 is 58.0 Å². The zero-order valence-corrected chi connectivity index (χ0v) is 24.5. The molecule has 0 aromatic heterocycles. The van der Waals surface area contributed by atoms with Crippen LogP contribution >= 0.6 is 0 Å². The molecule has 1 aliphatic heterocycles. The molecule has 2 saturated carbocycles. The highest BCUT2D eigenvalue weighted by molar-refractivity contribution is 6.24. The van der Waals surface area contributed by atoms with Crippen LogP contribution in [0.2, 0.25) is 0 Å². The van der Waals surface area contributed by atoms with Gasteiger partial charge in [-0.2, -0.15) is 0 Å². The van der Waals surface area contributed by atoms with Crippen LogP contribution in [0.3, 0.4) is 0 Å². The van der Waals surface area contributed by atoms with Crippen molar-refractivity contribution in [3.05, 3.63) is 51.8 Å². The summed E-state index contributed by atoms with van der Waals surface area (Å²) in [6, 6.07) is 4.66. The number of phenolic OH excluding ortho intramolecular Hbond substituents is 1. The molecule has 0 spiro atoms. The number of phenols is 1. The lowest BCUT2D eigenvalue weighted by atomic mass is 9.57. The Labute approximate surface area is 253 Å². The smallest absolute Gasteiger partial charge is 0.255 e. The Bertz CT molecular complexity index is 1680. The topological polar surface area (TPSA) is 180 Å². The molecule has 0 bridgehead atoms. The summed E-state index contributed by atoms with van der Waals surface area (Å²) < 4.78 is 11.3. The fourth-order valence-corrected chi connectivity index (χ4v) is 7.97. The predicted molar refractivity (Wildman–Crippen MR) is 158 cm³/mol. The molecule has 4 aliphatic carbocycles. The third-order valence-corrected chi connectivity index (χ3v) is 10.3. The second-order valence-electron chi connectivity index (χ2n) is 12.7. The molecule has 1 saturated heterocycles. The van der Waals surface area contributed by atoms with Gasteiger partial charge in [-0.05, 0) is 49.1 Å². The monoisotopic (exact) mass is 604 g/mol. The van der Waals surface area contributed by atoms with Crippen LogP contribution in [0, 0.1) is 17.8 Å². The van der Waals surface area contributed by atoms with Crippen LogP contribution in [-0.4, -0.2) is 87.9 Å². The fraction of sp³-hybridized carbons (Fsp3) is 0.485. The summed E-state index contributed by atoms with van der Waals surface area (Å²) in [6.07, 6.45) is 4.55. The maximum absolute atomic E-state index is 14.3. The standard InChI is InChI=1S/C33H36N2O9/c1-43-29-18-7-6-16(5-4-15-2-3-15)12-19(18)26(36)23-20(29)13-17-14-21-25(35-8-10-44-11-9-35)28(38)24(32(34)41)31(40)33(21,42)30(39)22(17)27(23)37/h6-7,12,15,17,21,25,36-37,40,42H,2-5,8-11,13-14H2,1H3,(H2,34,41)/t17-,21-,25-,33-/m0/s1. The SMILES string of the molecule is COc1c2c(c(O)c3cc(CCC4CC4)ccc13)C(O)=C1C(=O)[C@]3(O)C(O)=C(C(N)=O)C(=O)[C@@H](N4CCOCC4)[C@@H]3C[C@@H]1C2. The molecule has 0 unspecified atom stereocenters. The number of aliphatic hydroxyl groups excluding tert-OH is 2. The molecule has 3 fully saturated rings. The first kappa shape index (κ1) is 28.8. The largest absolute Gasteiger partial charge is 0.508 e. The summed E-state index contributed by atoms with van der Waals surface area (Å²) in [5.41, 5.74) is 3.38. The van der Waals surface area contributed by atoms with Gasteiger partial charge in [-0.1, -0.05) is 25.0 Å². The molecule has 11 heteroatoms. The average Bonchev–Trinajstić information content (AvgIpc) is 3.83. The Morgan fingerprint density at radius 2 is 1.86 bits per heavy atom. The summed E-state index contributed by atoms with van der Waals surface area (Å²) in [7, 11) is 1.51. The van der Waals surface area contributed by atoms with Crippen molar-refractivity contribution in [1.29, 1.82) is 0 Å². The van der Waals surface area contributed by atoms with Crippen molar-refractivity contribution in [3.63, 3.8) is 0 Å². The molecule has 1 heterocycles. The Balaban J connectivity index is 1.39. The number of benzene rings is 2. The van der Waals surface area contributed by atoms with Gasteiger partial charge in [0.25, 0.3) is 5.91 Å². The third kappa shape index (κ3) is 4.09. The number of morpholine rings is 1. The van der Waals surface area contributed by atoms with Gasteiger partial charge in [0.1, 0.15) is 28.6 Å². The van der Waals surface area contributed by atoms with Gasteiger partial charge in [-0.15, -0.1) is 0 Å². The summed E-state index contributed by atoms with van der Waals surface area (Å²) in [5.74, 6) is -5.50. The van der Waals surface area contributed by atoms with Crippen molar-refractivity contribution in [2.24, 2.45) is 23.5 Å². The zero-order chi connectivity index (χ0) is 31.1. The van der Waals surface area contributed by atoms with Crippen molar-refractivity contribution in [1.82, 2.24) is 4.90 Å². The number of nitrogens with zero attached hydrogens (tertiary/aromatic N) is 1. The van der Waals surface area contributed by atoms with E-state index in [0.717, 1.165) is 24.3 Å². The minimum Gasteiger partial charge on any atom is -0.508 e. The number of rotatable bonds is 6. The third-order valence-electron chi connectivity index (χ3n) is 10.3. The molecule has 2 aromatic rings. The van der Waals surface area contributed by atoms with Crippen LogP contribution in [0.25, 0.3) is 16.5 Å². The van der Waals surface area contributed by atoms with Gasteiger partial charge in [0, 0.05) is 40.9 Å². The van der Waals surface area contributed by atoms with Gasteiger partial charge in [0.2, 0.25) is 5.78 Å². The van der Waals surface area contributed by atoms with E-state index in [1.807, 2.05) is 18.2 Å². The van der Waals surface area contributed by atoms with Crippen molar-refractivity contribution in [2.45, 2.75) is 50.2 Å². The number of methoxy groups -OCH3 is 1. The second-order valence-corrected chi connectivity index (χ2v) is 12.7. The Kier molecular flexibility index (Phi) is 6.76. The van der Waals surface area contributed by atoms with Gasteiger partial charge >= 0.3 is 0 Å². The highest BCUT2D eigenvalue weighted by Gasteiger charge is 2.64. The number of carbonyl (C=O) groups is 3. The van der Waals surface area contributed by atoms with Crippen LogP contribution in [0.1, 0.15) is 42.4 Å². The minimum atomic E-state index is -2.69. The fourth-order valence-electron chi connectivity index (χ4n) is 7.97. The number of ketones is 2. The molecule has 6 N–H and O–H groups in total. The quantitative estimate of drug-likeness (QED) is 0.307.